The fourth-order valence-electron chi connectivity index (χ4n) is 1.57. The average molecular weight is 433 g/mol. The Morgan fingerprint density at radius 2 is 1.36 bits per heavy atom. The monoisotopic (exact) mass is 433 g/mol. The maximum absolute atomic E-state index is 13.7. The molecule has 0 rings (SSSR count). The summed E-state index contributed by atoms with van der Waals surface area (Å²) in [6.07, 6.45) is 1.67. The summed E-state index contributed by atoms with van der Waals surface area (Å²) in [5.74, 6) is 0. The van der Waals surface area contributed by atoms with Crippen molar-refractivity contribution in [3.05, 3.63) is 24.9 Å². The van der Waals surface area contributed by atoms with Crippen LogP contribution in [0.1, 0.15) is 32.1 Å². The Morgan fingerprint density at radius 1 is 0.960 bits per heavy atom. The summed E-state index contributed by atoms with van der Waals surface area (Å²) in [7, 11) is -12.4. The van der Waals surface area contributed by atoms with Gasteiger partial charge in [-0.3, -0.25) is 0 Å². The van der Waals surface area contributed by atoms with Crippen molar-refractivity contribution >= 4 is 15.2 Å². The number of rotatable bonds is 11. The van der Waals surface area contributed by atoms with E-state index in [1.807, 2.05) is 0 Å². The molecule has 124 valence electrons. The Morgan fingerprint density at radius 3 is 1.72 bits per heavy atom. The second kappa shape index (κ2) is 18.3. The molecule has 14 heteroatoms. The summed E-state index contributed by atoms with van der Waals surface area (Å²) in [4.78, 5) is 42.7. The smallest absolute Gasteiger partial charge is 0.808 e. The molecule has 25 heavy (non-hydrogen) atoms. The standard InChI is InChI=1S/C11H22FNO6P2.4Na/c1-3-10(2)13-9-7-5-4-6-8-11(12,20(14,15)16)21(17,18)19;;;;/h3,13H,1-2,4-9H2,(H2,14,15,16)(H2,17,18,19);;;;/q;4*+1/p-4. The fraction of sp³-hybridized carbons (Fsp3) is 0.636. The summed E-state index contributed by atoms with van der Waals surface area (Å²) in [5.41, 5.74) is 0.634. The third kappa shape index (κ3) is 15.0. The zero-order chi connectivity index (χ0) is 16.7. The maximum atomic E-state index is 13.7. The van der Waals surface area contributed by atoms with Crippen molar-refractivity contribution in [3.63, 3.8) is 0 Å². The number of alkyl halides is 1. The van der Waals surface area contributed by atoms with Gasteiger partial charge in [0.25, 0.3) is 0 Å². The van der Waals surface area contributed by atoms with Gasteiger partial charge in [0.05, 0.1) is 0 Å². The van der Waals surface area contributed by atoms with Crippen LogP contribution in [0.4, 0.5) is 4.39 Å². The van der Waals surface area contributed by atoms with Crippen LogP contribution >= 0.6 is 15.2 Å². The first-order valence-electron chi connectivity index (χ1n) is 6.24. The number of halogens is 1. The normalized spacial score (nSPS) is 10.9. The Hall–Kier alpha value is 3.51. The van der Waals surface area contributed by atoms with Crippen LogP contribution in [0.5, 0.6) is 0 Å². The quantitative estimate of drug-likeness (QED) is 0.148. The molecular formula is C11H18FNNa4O6P2. The zero-order valence-corrected chi connectivity index (χ0v) is 25.2. The van der Waals surface area contributed by atoms with E-state index in [9.17, 15) is 33.1 Å². The minimum absolute atomic E-state index is 0. The molecule has 0 aliphatic rings. The first-order chi connectivity index (χ1) is 9.45. The van der Waals surface area contributed by atoms with Crippen LogP contribution in [0.2, 0.25) is 0 Å². The molecule has 0 amide bonds. The van der Waals surface area contributed by atoms with E-state index in [0.717, 1.165) is 0 Å². The number of nitrogens with one attached hydrogen (secondary N) is 1. The molecule has 0 bridgehead atoms. The molecule has 0 saturated carbocycles. The van der Waals surface area contributed by atoms with E-state index in [2.05, 4.69) is 18.5 Å². The Kier molecular flexibility index (Phi) is 28.6. The molecule has 0 aromatic rings. The molecule has 0 radical (unpaired) electrons. The molecule has 1 N–H and O–H groups in total. The minimum atomic E-state index is -6.18. The number of hydrogen-bond acceptors (Lipinski definition) is 7. The Balaban J connectivity index is -0.000000333. The molecule has 0 unspecified atom stereocenters. The fourth-order valence-corrected chi connectivity index (χ4v) is 3.64. The van der Waals surface area contributed by atoms with Gasteiger partial charge >= 0.3 is 118 Å². The van der Waals surface area contributed by atoms with Gasteiger partial charge in [0.2, 0.25) is 0 Å². The van der Waals surface area contributed by atoms with Gasteiger partial charge in [0, 0.05) is 12.2 Å². The second-order valence-electron chi connectivity index (χ2n) is 4.53. The minimum Gasteiger partial charge on any atom is -0.808 e. The van der Waals surface area contributed by atoms with Crippen molar-refractivity contribution in [1.82, 2.24) is 5.32 Å². The first kappa shape index (κ1) is 39.0. The van der Waals surface area contributed by atoms with Crippen LogP contribution in [0.3, 0.4) is 0 Å². The zero-order valence-electron chi connectivity index (χ0n) is 15.5. The van der Waals surface area contributed by atoms with Crippen molar-refractivity contribution in [2.24, 2.45) is 0 Å². The van der Waals surface area contributed by atoms with Gasteiger partial charge in [-0.2, -0.15) is 0 Å². The van der Waals surface area contributed by atoms with Crippen LogP contribution in [0.15, 0.2) is 24.9 Å². The van der Waals surface area contributed by atoms with Gasteiger partial charge in [-0.05, 0) is 40.5 Å². The number of unbranched alkanes of at least 4 members (excludes halogenated alkanes) is 3. The van der Waals surface area contributed by atoms with E-state index in [1.54, 1.807) is 0 Å². The van der Waals surface area contributed by atoms with Gasteiger partial charge < -0.3 is 34.0 Å². The van der Waals surface area contributed by atoms with Gasteiger partial charge in [-0.15, -0.1) is 0 Å². The first-order valence-corrected chi connectivity index (χ1v) is 9.32. The third-order valence-electron chi connectivity index (χ3n) is 2.86. The molecule has 0 heterocycles. The molecule has 0 spiro atoms. The molecule has 0 atom stereocenters. The number of allylic oxidation sites excluding steroid dienone is 1. The van der Waals surface area contributed by atoms with E-state index in [-0.39, 0.29) is 131 Å². The van der Waals surface area contributed by atoms with Gasteiger partial charge in [0.1, 0.15) is 0 Å². The predicted molar refractivity (Wildman–Crippen MR) is 69.5 cm³/mol. The van der Waals surface area contributed by atoms with Crippen LogP contribution in [0, 0.1) is 0 Å². The van der Waals surface area contributed by atoms with Crippen molar-refractivity contribution in [3.8, 4) is 0 Å². The summed E-state index contributed by atoms with van der Waals surface area (Å²) in [6.45, 7) is 7.66. The molecule has 0 saturated heterocycles. The van der Waals surface area contributed by atoms with Crippen molar-refractivity contribution in [2.75, 3.05) is 6.54 Å². The molecule has 0 aromatic carbocycles. The average Bonchev–Trinajstić information content (AvgIpc) is 2.34. The van der Waals surface area contributed by atoms with Crippen LogP contribution < -0.4 is 143 Å². The van der Waals surface area contributed by atoms with E-state index in [0.29, 0.717) is 25.1 Å². The van der Waals surface area contributed by atoms with Crippen molar-refractivity contribution in [1.29, 1.82) is 0 Å². The SMILES string of the molecule is C=CC(=C)NCCCCCCC(F)(P(=O)([O-])[O-])P(=O)([O-])[O-].[Na+].[Na+].[Na+].[Na+]. The van der Waals surface area contributed by atoms with Crippen molar-refractivity contribution < 1.29 is 151 Å². The van der Waals surface area contributed by atoms with Crippen LogP contribution in [0.25, 0.3) is 0 Å². The van der Waals surface area contributed by atoms with E-state index < -0.39 is 26.8 Å². The Labute approximate surface area is 236 Å². The third-order valence-corrected chi connectivity index (χ3v) is 6.45. The van der Waals surface area contributed by atoms with Crippen molar-refractivity contribution in [2.45, 2.75) is 37.3 Å². The van der Waals surface area contributed by atoms with Gasteiger partial charge in [0.15, 0.2) is 5.15 Å². The molecule has 7 nitrogen and oxygen atoms in total. The summed E-state index contributed by atoms with van der Waals surface area (Å²) < 4.78 is 35.1. The predicted octanol–water partition coefficient (Wildman–Crippen LogP) is -12.3. The van der Waals surface area contributed by atoms with E-state index in [1.165, 1.54) is 6.08 Å². The van der Waals surface area contributed by atoms with Gasteiger partial charge in [-0.25, -0.2) is 4.39 Å². The number of hydrogen-bond donors (Lipinski definition) is 1. The maximum Gasteiger partial charge on any atom is 1.00 e. The molecule has 0 aliphatic carbocycles. The second-order valence-corrected chi connectivity index (χ2v) is 8.29. The molecule has 0 aliphatic heterocycles. The summed E-state index contributed by atoms with van der Waals surface area (Å²) in [6, 6.07) is 0. The van der Waals surface area contributed by atoms with Crippen LogP contribution in [-0.2, 0) is 9.13 Å². The van der Waals surface area contributed by atoms with Gasteiger partial charge in [-0.1, -0.05) is 26.0 Å². The molecule has 0 fully saturated rings. The topological polar surface area (TPSA) is 138 Å². The molecule has 0 aromatic heterocycles. The molecular weight excluding hydrogens is 415 g/mol. The van der Waals surface area contributed by atoms with E-state index >= 15 is 0 Å². The Bertz CT molecular complexity index is 451. The van der Waals surface area contributed by atoms with Crippen LogP contribution in [-0.4, -0.2) is 11.7 Å². The largest absolute Gasteiger partial charge is 1.00 e. The summed E-state index contributed by atoms with van der Waals surface area (Å²) >= 11 is 0. The summed E-state index contributed by atoms with van der Waals surface area (Å²) in [5, 5.41) is -1.33. The van der Waals surface area contributed by atoms with E-state index in [4.69, 9.17) is 0 Å².